The molecule has 0 fully saturated rings. The molecule has 78 valence electrons. The molecule has 0 N–H and O–H groups in total. The zero-order valence-corrected chi connectivity index (χ0v) is 9.03. The number of rotatable bonds is 3. The van der Waals surface area contributed by atoms with Gasteiger partial charge in [0.1, 0.15) is 11.5 Å². The summed E-state index contributed by atoms with van der Waals surface area (Å²) in [5, 5.41) is 1.74. The summed E-state index contributed by atoms with van der Waals surface area (Å²) in [6.45, 7) is 0.462. The molecule has 15 heavy (non-hydrogen) atoms. The van der Waals surface area contributed by atoms with Gasteiger partial charge >= 0.3 is 0 Å². The van der Waals surface area contributed by atoms with Crippen molar-refractivity contribution in [2.75, 3.05) is 7.05 Å². The van der Waals surface area contributed by atoms with E-state index in [1.807, 2.05) is 6.07 Å². The summed E-state index contributed by atoms with van der Waals surface area (Å²) < 4.78 is 5.16. The number of hydrogen-bond acceptors (Lipinski definition) is 4. The zero-order valence-electron chi connectivity index (χ0n) is 8.21. The summed E-state index contributed by atoms with van der Waals surface area (Å²) in [5.41, 5.74) is 2.13. The maximum absolute atomic E-state index is 11.8. The van der Waals surface area contributed by atoms with Gasteiger partial charge in [0.2, 0.25) is 0 Å². The summed E-state index contributed by atoms with van der Waals surface area (Å²) in [5.74, 6) is 0.675. The van der Waals surface area contributed by atoms with Gasteiger partial charge in [-0.25, -0.2) is 4.98 Å². The molecule has 5 heteroatoms. The van der Waals surface area contributed by atoms with Crippen LogP contribution in [0.1, 0.15) is 16.2 Å². The van der Waals surface area contributed by atoms with E-state index in [9.17, 15) is 4.79 Å². The number of carbonyl (C=O) groups is 1. The first-order chi connectivity index (χ1) is 7.27. The lowest BCUT2D eigenvalue weighted by Gasteiger charge is -2.13. The van der Waals surface area contributed by atoms with Gasteiger partial charge in [0.05, 0.1) is 18.3 Å². The Morgan fingerprint density at radius 3 is 3.13 bits per heavy atom. The standard InChI is InChI=1S/C10H10N2O2S/c1-12(5-8-3-2-4-14-8)10(13)9-6-15-7-11-9/h2-4,6-7H,5H2,1H3. The third kappa shape index (κ3) is 2.24. The largest absolute Gasteiger partial charge is 0.467 e. The van der Waals surface area contributed by atoms with Gasteiger partial charge in [-0.2, -0.15) is 0 Å². The van der Waals surface area contributed by atoms with Crippen LogP contribution in [0.15, 0.2) is 33.7 Å². The van der Waals surface area contributed by atoms with E-state index >= 15 is 0 Å². The van der Waals surface area contributed by atoms with Gasteiger partial charge in [0.15, 0.2) is 0 Å². The highest BCUT2D eigenvalue weighted by Gasteiger charge is 2.14. The number of furan rings is 1. The minimum atomic E-state index is -0.0901. The molecule has 2 aromatic heterocycles. The molecule has 2 rings (SSSR count). The Morgan fingerprint density at radius 1 is 1.67 bits per heavy atom. The number of hydrogen-bond donors (Lipinski definition) is 0. The summed E-state index contributed by atoms with van der Waals surface area (Å²) in [7, 11) is 1.73. The SMILES string of the molecule is CN(Cc1ccco1)C(=O)c1cscn1. The van der Waals surface area contributed by atoms with Crippen LogP contribution in [0.25, 0.3) is 0 Å². The predicted octanol–water partition coefficient (Wildman–Crippen LogP) is 2.01. The minimum Gasteiger partial charge on any atom is -0.467 e. The Kier molecular flexibility index (Phi) is 2.82. The van der Waals surface area contributed by atoms with Crippen molar-refractivity contribution in [3.63, 3.8) is 0 Å². The van der Waals surface area contributed by atoms with Crippen LogP contribution in [0.5, 0.6) is 0 Å². The number of nitrogens with zero attached hydrogens (tertiary/aromatic N) is 2. The van der Waals surface area contributed by atoms with Gasteiger partial charge in [-0.1, -0.05) is 0 Å². The van der Waals surface area contributed by atoms with Crippen LogP contribution in [0.2, 0.25) is 0 Å². The molecule has 2 heterocycles. The Morgan fingerprint density at radius 2 is 2.53 bits per heavy atom. The summed E-state index contributed by atoms with van der Waals surface area (Å²) in [4.78, 5) is 17.3. The molecule has 0 spiro atoms. The van der Waals surface area contributed by atoms with Crippen molar-refractivity contribution in [3.05, 3.63) is 40.7 Å². The van der Waals surface area contributed by atoms with E-state index in [4.69, 9.17) is 4.42 Å². The second-order valence-corrected chi connectivity index (χ2v) is 3.83. The topological polar surface area (TPSA) is 46.3 Å². The van der Waals surface area contributed by atoms with Crippen molar-refractivity contribution in [1.29, 1.82) is 0 Å². The van der Waals surface area contributed by atoms with Crippen LogP contribution in [0.4, 0.5) is 0 Å². The second-order valence-electron chi connectivity index (χ2n) is 3.11. The van der Waals surface area contributed by atoms with Crippen LogP contribution >= 0.6 is 11.3 Å². The van der Waals surface area contributed by atoms with Crippen molar-refractivity contribution >= 4 is 17.2 Å². The van der Waals surface area contributed by atoms with Crippen LogP contribution in [-0.4, -0.2) is 22.8 Å². The van der Waals surface area contributed by atoms with Crippen LogP contribution < -0.4 is 0 Å². The zero-order chi connectivity index (χ0) is 10.7. The van der Waals surface area contributed by atoms with Crippen molar-refractivity contribution in [1.82, 2.24) is 9.88 Å². The molecular weight excluding hydrogens is 212 g/mol. The summed E-state index contributed by atoms with van der Waals surface area (Å²) in [6, 6.07) is 3.64. The third-order valence-electron chi connectivity index (χ3n) is 1.97. The third-order valence-corrected chi connectivity index (χ3v) is 2.56. The molecule has 1 amide bonds. The van der Waals surface area contributed by atoms with Crippen LogP contribution in [0.3, 0.4) is 0 Å². The maximum atomic E-state index is 11.8. The predicted molar refractivity (Wildman–Crippen MR) is 56.6 cm³/mol. The fourth-order valence-electron chi connectivity index (χ4n) is 1.22. The first kappa shape index (κ1) is 9.92. The second kappa shape index (κ2) is 4.27. The molecule has 0 aliphatic heterocycles. The highest BCUT2D eigenvalue weighted by atomic mass is 32.1. The average Bonchev–Trinajstić information content (AvgIpc) is 2.88. The van der Waals surface area contributed by atoms with Crippen LogP contribution in [0, 0.1) is 0 Å². The van der Waals surface area contributed by atoms with E-state index in [1.165, 1.54) is 11.3 Å². The van der Waals surface area contributed by atoms with Crippen molar-refractivity contribution in [2.24, 2.45) is 0 Å². The van der Waals surface area contributed by atoms with Gasteiger partial charge in [0.25, 0.3) is 5.91 Å². The summed E-state index contributed by atoms with van der Waals surface area (Å²) >= 11 is 1.41. The van der Waals surface area contributed by atoms with Crippen molar-refractivity contribution in [2.45, 2.75) is 6.54 Å². The van der Waals surface area contributed by atoms with E-state index in [-0.39, 0.29) is 5.91 Å². The van der Waals surface area contributed by atoms with Gasteiger partial charge < -0.3 is 9.32 Å². The van der Waals surface area contributed by atoms with Crippen molar-refractivity contribution in [3.8, 4) is 0 Å². The van der Waals surface area contributed by atoms with Gasteiger partial charge in [0, 0.05) is 12.4 Å². The van der Waals surface area contributed by atoms with E-state index in [0.29, 0.717) is 12.2 Å². The highest BCUT2D eigenvalue weighted by molar-refractivity contribution is 7.07. The Labute approximate surface area is 91.2 Å². The van der Waals surface area contributed by atoms with E-state index in [1.54, 1.807) is 35.2 Å². The lowest BCUT2D eigenvalue weighted by Crippen LogP contribution is -2.26. The summed E-state index contributed by atoms with van der Waals surface area (Å²) in [6.07, 6.45) is 1.59. The molecular formula is C10H10N2O2S. The maximum Gasteiger partial charge on any atom is 0.273 e. The molecule has 4 nitrogen and oxygen atoms in total. The van der Waals surface area contributed by atoms with Gasteiger partial charge in [-0.05, 0) is 12.1 Å². The fourth-order valence-corrected chi connectivity index (χ4v) is 1.75. The van der Waals surface area contributed by atoms with Crippen molar-refractivity contribution < 1.29 is 9.21 Å². The molecule has 2 aromatic rings. The minimum absolute atomic E-state index is 0.0901. The monoisotopic (exact) mass is 222 g/mol. The van der Waals surface area contributed by atoms with Gasteiger partial charge in [-0.3, -0.25) is 4.79 Å². The molecule has 0 saturated carbocycles. The molecule has 0 atom stereocenters. The van der Waals surface area contributed by atoms with E-state index in [0.717, 1.165) is 5.76 Å². The molecule has 0 aliphatic rings. The molecule has 0 aliphatic carbocycles. The highest BCUT2D eigenvalue weighted by Crippen LogP contribution is 2.08. The van der Waals surface area contributed by atoms with E-state index < -0.39 is 0 Å². The molecule has 0 radical (unpaired) electrons. The first-order valence-electron chi connectivity index (χ1n) is 4.43. The van der Waals surface area contributed by atoms with E-state index in [2.05, 4.69) is 4.98 Å². The number of aromatic nitrogens is 1. The Bertz CT molecular complexity index is 422. The molecule has 0 aromatic carbocycles. The Balaban J connectivity index is 2.03. The number of amides is 1. The molecule has 0 unspecified atom stereocenters. The number of carbonyl (C=O) groups excluding carboxylic acids is 1. The fraction of sp³-hybridized carbons (Fsp3) is 0.200. The smallest absolute Gasteiger partial charge is 0.273 e. The van der Waals surface area contributed by atoms with Crippen LogP contribution in [-0.2, 0) is 6.54 Å². The molecule has 0 saturated heterocycles. The first-order valence-corrected chi connectivity index (χ1v) is 5.37. The normalized spacial score (nSPS) is 10.2. The van der Waals surface area contributed by atoms with Gasteiger partial charge in [-0.15, -0.1) is 11.3 Å². The lowest BCUT2D eigenvalue weighted by atomic mass is 10.3. The Hall–Kier alpha value is -1.62. The molecule has 0 bridgehead atoms. The average molecular weight is 222 g/mol. The number of thiazole rings is 1. The lowest BCUT2D eigenvalue weighted by molar-refractivity contribution is 0.0770. The quantitative estimate of drug-likeness (QED) is 0.798.